The molecule has 1 amide bonds. The molecule has 2 N–H and O–H groups in total. The van der Waals surface area contributed by atoms with E-state index >= 15 is 0 Å². The van der Waals surface area contributed by atoms with Crippen molar-refractivity contribution in [1.29, 1.82) is 0 Å². The Balaban J connectivity index is 0.000000522. The molecule has 1 aliphatic heterocycles. The molecule has 0 bridgehead atoms. The minimum Gasteiger partial charge on any atom is -0.343 e. The molecule has 1 aromatic carbocycles. The Morgan fingerprint density at radius 1 is 1.08 bits per heavy atom. The molecule has 1 aliphatic rings. The van der Waals surface area contributed by atoms with Crippen LogP contribution in [0.25, 0.3) is 0 Å². The number of piperazine rings is 1. The summed E-state index contributed by atoms with van der Waals surface area (Å²) >= 11 is 0. The van der Waals surface area contributed by atoms with E-state index in [2.05, 4.69) is 10.2 Å². The van der Waals surface area contributed by atoms with Crippen molar-refractivity contribution in [2.45, 2.75) is 23.6 Å². The molecule has 2 rings (SSSR count). The van der Waals surface area contributed by atoms with Crippen LogP contribution in [0.5, 0.6) is 0 Å². The van der Waals surface area contributed by atoms with Crippen molar-refractivity contribution < 1.29 is 26.5 Å². The van der Waals surface area contributed by atoms with E-state index < -0.39 is 19.9 Å². The summed E-state index contributed by atoms with van der Waals surface area (Å²) in [4.78, 5) is 17.3. The second-order valence-corrected chi connectivity index (χ2v) is 8.50. The third kappa shape index (κ3) is 8.23. The standard InChI is InChI=1S/C8H11NO5S2.C5H10N2O.C2H6/c1-14-9-16(12,13)8-6-4-3-5-7(8)15(2,10)11;8-5-7-3-1-6-2-4-7;1-2/h3-6,9H,1-2H3;5-6H,1-4H2;1-2H3. The number of hydrogen-bond donors (Lipinski definition) is 2. The first-order valence-corrected chi connectivity index (χ1v) is 11.3. The van der Waals surface area contributed by atoms with E-state index in [1.165, 1.54) is 24.3 Å². The number of sulfonamides is 1. The summed E-state index contributed by atoms with van der Waals surface area (Å²) in [5.74, 6) is 0. The van der Waals surface area contributed by atoms with Crippen molar-refractivity contribution in [3.8, 4) is 0 Å². The van der Waals surface area contributed by atoms with Crippen LogP contribution in [0, 0.1) is 0 Å². The van der Waals surface area contributed by atoms with E-state index in [4.69, 9.17) is 0 Å². The van der Waals surface area contributed by atoms with Gasteiger partial charge in [-0.2, -0.15) is 0 Å². The Morgan fingerprint density at radius 2 is 1.58 bits per heavy atom. The van der Waals surface area contributed by atoms with Crippen LogP contribution in [0.3, 0.4) is 0 Å². The first-order chi connectivity index (χ1) is 12.2. The second kappa shape index (κ2) is 12.0. The van der Waals surface area contributed by atoms with Gasteiger partial charge in [0.05, 0.1) is 12.0 Å². The number of carbonyl (C=O) groups is 1. The molecule has 1 fully saturated rings. The molecule has 0 unspecified atom stereocenters. The molecular formula is C15H27N3O6S2. The van der Waals surface area contributed by atoms with E-state index in [0.717, 1.165) is 46.0 Å². The van der Waals surface area contributed by atoms with E-state index in [1.54, 1.807) is 9.79 Å². The van der Waals surface area contributed by atoms with Crippen molar-refractivity contribution in [3.63, 3.8) is 0 Å². The van der Waals surface area contributed by atoms with E-state index in [-0.39, 0.29) is 9.79 Å². The maximum absolute atomic E-state index is 11.6. The zero-order valence-corrected chi connectivity index (χ0v) is 17.1. The Hall–Kier alpha value is -1.53. The largest absolute Gasteiger partial charge is 0.343 e. The molecule has 1 heterocycles. The van der Waals surface area contributed by atoms with Crippen LogP contribution in [0.2, 0.25) is 0 Å². The summed E-state index contributed by atoms with van der Waals surface area (Å²) in [6.07, 6.45) is 1.84. The lowest BCUT2D eigenvalue weighted by molar-refractivity contribution is -0.118. The van der Waals surface area contributed by atoms with E-state index in [1.807, 2.05) is 13.8 Å². The van der Waals surface area contributed by atoms with E-state index in [0.29, 0.717) is 0 Å². The molecule has 1 saturated heterocycles. The Morgan fingerprint density at radius 3 is 1.96 bits per heavy atom. The van der Waals surface area contributed by atoms with Gasteiger partial charge in [0, 0.05) is 32.4 Å². The summed E-state index contributed by atoms with van der Waals surface area (Å²) in [6.45, 7) is 7.62. The van der Waals surface area contributed by atoms with Crippen LogP contribution in [0.15, 0.2) is 34.1 Å². The number of hydrogen-bond acceptors (Lipinski definition) is 7. The van der Waals surface area contributed by atoms with Gasteiger partial charge < -0.3 is 10.2 Å². The average molecular weight is 410 g/mol. The third-order valence-corrected chi connectivity index (χ3v) is 5.64. The van der Waals surface area contributed by atoms with Gasteiger partial charge in [0.1, 0.15) is 4.90 Å². The molecule has 0 saturated carbocycles. The number of sulfone groups is 1. The molecule has 26 heavy (non-hydrogen) atoms. The fourth-order valence-corrected chi connectivity index (χ4v) is 4.36. The van der Waals surface area contributed by atoms with Gasteiger partial charge in [0.25, 0.3) is 10.0 Å². The number of rotatable bonds is 5. The van der Waals surface area contributed by atoms with Gasteiger partial charge in [0.15, 0.2) is 9.84 Å². The highest BCUT2D eigenvalue weighted by molar-refractivity contribution is 7.93. The molecule has 0 spiro atoms. The summed E-state index contributed by atoms with van der Waals surface area (Å²) in [6, 6.07) is 5.29. The number of nitrogens with zero attached hydrogens (tertiary/aromatic N) is 1. The van der Waals surface area contributed by atoms with Gasteiger partial charge in [-0.05, 0) is 12.1 Å². The van der Waals surface area contributed by atoms with Crippen molar-refractivity contribution in [2.75, 3.05) is 39.5 Å². The van der Waals surface area contributed by atoms with Gasteiger partial charge in [-0.25, -0.2) is 16.8 Å². The summed E-state index contributed by atoms with van der Waals surface area (Å²) < 4.78 is 45.9. The van der Waals surface area contributed by atoms with Crippen LogP contribution < -0.4 is 10.2 Å². The molecule has 0 atom stereocenters. The van der Waals surface area contributed by atoms with Crippen LogP contribution in [-0.4, -0.2) is 67.7 Å². The normalized spacial score (nSPS) is 14.4. The number of carbonyl (C=O) groups excluding carboxylic acids is 1. The minimum atomic E-state index is -3.98. The van der Waals surface area contributed by atoms with Gasteiger partial charge in [-0.15, -0.1) is 0 Å². The highest BCUT2D eigenvalue weighted by Crippen LogP contribution is 2.19. The fourth-order valence-electron chi connectivity index (χ4n) is 1.92. The predicted octanol–water partition coefficient (Wildman–Crippen LogP) is 0.00400. The summed E-state index contributed by atoms with van der Waals surface area (Å²) in [7, 11) is -6.46. The van der Waals surface area contributed by atoms with E-state index in [9.17, 15) is 21.6 Å². The van der Waals surface area contributed by atoms with Crippen molar-refractivity contribution >= 4 is 26.3 Å². The van der Waals surface area contributed by atoms with Gasteiger partial charge >= 0.3 is 0 Å². The molecule has 0 radical (unpaired) electrons. The van der Waals surface area contributed by atoms with Crippen LogP contribution >= 0.6 is 0 Å². The highest BCUT2D eigenvalue weighted by atomic mass is 32.2. The van der Waals surface area contributed by atoms with Crippen molar-refractivity contribution in [1.82, 2.24) is 15.1 Å². The lowest BCUT2D eigenvalue weighted by Crippen LogP contribution is -2.42. The quantitative estimate of drug-likeness (QED) is 0.519. The predicted molar refractivity (Wildman–Crippen MR) is 98.7 cm³/mol. The molecule has 150 valence electrons. The molecule has 11 heteroatoms. The Labute approximate surface area is 155 Å². The van der Waals surface area contributed by atoms with Crippen molar-refractivity contribution in [2.24, 2.45) is 0 Å². The Bertz CT molecular complexity index is 744. The molecular weight excluding hydrogens is 382 g/mol. The first-order valence-electron chi connectivity index (χ1n) is 7.96. The number of amides is 1. The topological polar surface area (TPSA) is 122 Å². The highest BCUT2D eigenvalue weighted by Gasteiger charge is 2.23. The lowest BCUT2D eigenvalue weighted by Gasteiger charge is -2.22. The fraction of sp³-hybridized carbons (Fsp3) is 0.533. The zero-order chi connectivity index (χ0) is 20.2. The maximum Gasteiger partial charge on any atom is 0.263 e. The molecule has 0 aromatic heterocycles. The van der Waals surface area contributed by atoms with Gasteiger partial charge in [-0.3, -0.25) is 9.63 Å². The maximum atomic E-state index is 11.6. The first kappa shape index (κ1) is 24.5. The second-order valence-electron chi connectivity index (χ2n) is 4.90. The number of nitrogens with one attached hydrogen (secondary N) is 2. The van der Waals surface area contributed by atoms with Crippen molar-refractivity contribution in [3.05, 3.63) is 24.3 Å². The van der Waals surface area contributed by atoms with Crippen LogP contribution in [-0.2, 0) is 29.5 Å². The zero-order valence-electron chi connectivity index (χ0n) is 15.4. The molecule has 1 aromatic rings. The van der Waals surface area contributed by atoms with Gasteiger partial charge in [0.2, 0.25) is 6.41 Å². The number of benzene rings is 1. The van der Waals surface area contributed by atoms with Crippen LogP contribution in [0.4, 0.5) is 0 Å². The van der Waals surface area contributed by atoms with Gasteiger partial charge in [-0.1, -0.05) is 30.9 Å². The monoisotopic (exact) mass is 409 g/mol. The van der Waals surface area contributed by atoms with Crippen LogP contribution in [0.1, 0.15) is 13.8 Å². The minimum absolute atomic E-state index is 0.264. The lowest BCUT2D eigenvalue weighted by atomic mass is 10.4. The third-order valence-electron chi connectivity index (χ3n) is 3.03. The summed E-state index contributed by atoms with van der Waals surface area (Å²) in [5.41, 5.74) is 0. The average Bonchev–Trinajstić information content (AvgIpc) is 2.64. The molecule has 0 aliphatic carbocycles. The molecule has 9 nitrogen and oxygen atoms in total. The smallest absolute Gasteiger partial charge is 0.263 e. The Kier molecular flexibility index (Phi) is 11.3. The summed E-state index contributed by atoms with van der Waals surface area (Å²) in [5, 5.41) is 3.15. The SMILES string of the molecule is CC.CONS(=O)(=O)c1ccccc1S(C)(=O)=O.O=CN1CCNCC1.